The molecular weight excluding hydrogens is 321 g/mol. The molecule has 6 heteroatoms. The van der Waals surface area contributed by atoms with Crippen molar-refractivity contribution in [1.29, 1.82) is 0 Å². The third-order valence-corrected chi connectivity index (χ3v) is 3.38. The minimum Gasteiger partial charge on any atom is -0.329 e. The van der Waals surface area contributed by atoms with Crippen LogP contribution in [0.1, 0.15) is 25.5 Å². The number of benzene rings is 1. The highest BCUT2D eigenvalue weighted by atomic mass is 79.9. The lowest BCUT2D eigenvalue weighted by molar-refractivity contribution is -0.155. The van der Waals surface area contributed by atoms with Crippen molar-refractivity contribution in [2.45, 2.75) is 32.1 Å². The molecule has 2 N–H and O–H groups in total. The fourth-order valence-electron chi connectivity index (χ4n) is 2.04. The molecule has 0 aliphatic carbocycles. The van der Waals surface area contributed by atoms with Crippen LogP contribution in [-0.4, -0.2) is 30.2 Å². The van der Waals surface area contributed by atoms with E-state index < -0.39 is 18.8 Å². The first kappa shape index (κ1) is 16.5. The van der Waals surface area contributed by atoms with Crippen LogP contribution in [0, 0.1) is 0 Å². The van der Waals surface area contributed by atoms with Crippen molar-refractivity contribution in [3.63, 3.8) is 0 Å². The van der Waals surface area contributed by atoms with Gasteiger partial charge < -0.3 is 5.73 Å². The fourth-order valence-corrected chi connectivity index (χ4v) is 2.45. The maximum atomic E-state index is 12.7. The first-order chi connectivity index (χ1) is 8.74. The SMILES string of the molecule is CC(C)N(CC(F)(F)F)C(CN)c1cccc(Br)c1. The maximum absolute atomic E-state index is 12.7. The summed E-state index contributed by atoms with van der Waals surface area (Å²) in [6.45, 7) is 2.67. The van der Waals surface area contributed by atoms with E-state index in [2.05, 4.69) is 15.9 Å². The third kappa shape index (κ3) is 5.12. The Balaban J connectivity index is 3.03. The Morgan fingerprint density at radius 3 is 2.37 bits per heavy atom. The summed E-state index contributed by atoms with van der Waals surface area (Å²) in [5, 5.41) is 0. The van der Waals surface area contributed by atoms with Gasteiger partial charge in [-0.3, -0.25) is 4.90 Å². The van der Waals surface area contributed by atoms with Gasteiger partial charge in [-0.25, -0.2) is 0 Å². The van der Waals surface area contributed by atoms with Crippen LogP contribution in [0.25, 0.3) is 0 Å². The van der Waals surface area contributed by atoms with Gasteiger partial charge in [0.1, 0.15) is 0 Å². The first-order valence-electron chi connectivity index (χ1n) is 6.02. The minimum atomic E-state index is -4.23. The number of rotatable bonds is 5. The van der Waals surface area contributed by atoms with Crippen molar-refractivity contribution in [2.24, 2.45) is 5.73 Å². The average Bonchev–Trinajstić information content (AvgIpc) is 2.27. The molecule has 0 saturated heterocycles. The molecular formula is C13H18BrF3N2. The monoisotopic (exact) mass is 338 g/mol. The highest BCUT2D eigenvalue weighted by Gasteiger charge is 2.35. The number of hydrogen-bond acceptors (Lipinski definition) is 2. The predicted octanol–water partition coefficient (Wildman–Crippen LogP) is 3.72. The third-order valence-electron chi connectivity index (χ3n) is 2.88. The number of halogens is 4. The Labute approximate surface area is 119 Å². The fraction of sp³-hybridized carbons (Fsp3) is 0.538. The second kappa shape index (κ2) is 6.72. The molecule has 0 saturated carbocycles. The molecule has 108 valence electrons. The lowest BCUT2D eigenvalue weighted by Crippen LogP contribution is -2.44. The molecule has 0 bridgehead atoms. The van der Waals surface area contributed by atoms with Gasteiger partial charge in [-0.1, -0.05) is 28.1 Å². The summed E-state index contributed by atoms with van der Waals surface area (Å²) >= 11 is 3.33. The van der Waals surface area contributed by atoms with Crippen LogP contribution in [0.5, 0.6) is 0 Å². The second-order valence-electron chi connectivity index (χ2n) is 4.69. The van der Waals surface area contributed by atoms with E-state index in [0.717, 1.165) is 10.0 Å². The molecule has 0 spiro atoms. The standard InChI is InChI=1S/C13H18BrF3N2/c1-9(2)19(8-13(15,16)17)12(7-18)10-4-3-5-11(14)6-10/h3-6,9,12H,7-8,18H2,1-2H3. The highest BCUT2D eigenvalue weighted by Crippen LogP contribution is 2.28. The molecule has 0 aromatic heterocycles. The Morgan fingerprint density at radius 2 is 1.95 bits per heavy atom. The normalized spacial score (nSPS) is 14.2. The van der Waals surface area contributed by atoms with E-state index in [-0.39, 0.29) is 12.6 Å². The van der Waals surface area contributed by atoms with Gasteiger partial charge in [0.05, 0.1) is 6.54 Å². The van der Waals surface area contributed by atoms with Gasteiger partial charge >= 0.3 is 6.18 Å². The summed E-state index contributed by atoms with van der Waals surface area (Å²) in [6, 6.07) is 6.56. The molecule has 0 aliphatic heterocycles. The molecule has 1 unspecified atom stereocenters. The van der Waals surface area contributed by atoms with Crippen LogP contribution in [0.4, 0.5) is 13.2 Å². The number of nitrogens with zero attached hydrogens (tertiary/aromatic N) is 1. The largest absolute Gasteiger partial charge is 0.401 e. The summed E-state index contributed by atoms with van der Waals surface area (Å²) in [5.74, 6) is 0. The maximum Gasteiger partial charge on any atom is 0.401 e. The van der Waals surface area contributed by atoms with E-state index in [0.29, 0.717) is 0 Å². The van der Waals surface area contributed by atoms with Crippen LogP contribution >= 0.6 is 15.9 Å². The van der Waals surface area contributed by atoms with Crippen molar-refractivity contribution in [3.05, 3.63) is 34.3 Å². The lowest BCUT2D eigenvalue weighted by Gasteiger charge is -2.35. The van der Waals surface area contributed by atoms with Crippen LogP contribution in [0.2, 0.25) is 0 Å². The highest BCUT2D eigenvalue weighted by molar-refractivity contribution is 9.10. The molecule has 1 rings (SSSR count). The van der Waals surface area contributed by atoms with Crippen LogP contribution in [0.3, 0.4) is 0 Å². The Bertz CT molecular complexity index is 407. The van der Waals surface area contributed by atoms with Gasteiger partial charge in [0.25, 0.3) is 0 Å². The summed E-state index contributed by atoms with van der Waals surface area (Å²) in [5.41, 5.74) is 6.47. The number of hydrogen-bond donors (Lipinski definition) is 1. The first-order valence-corrected chi connectivity index (χ1v) is 6.82. The Morgan fingerprint density at radius 1 is 1.32 bits per heavy atom. The number of alkyl halides is 3. The summed E-state index contributed by atoms with van der Waals surface area (Å²) in [4.78, 5) is 1.38. The smallest absolute Gasteiger partial charge is 0.329 e. The van der Waals surface area contributed by atoms with Crippen molar-refractivity contribution >= 4 is 15.9 Å². The summed E-state index contributed by atoms with van der Waals surface area (Å²) < 4.78 is 38.8. The van der Waals surface area contributed by atoms with E-state index in [1.54, 1.807) is 26.0 Å². The van der Waals surface area contributed by atoms with Gasteiger partial charge in [0, 0.05) is 23.1 Å². The van der Waals surface area contributed by atoms with Crippen LogP contribution in [-0.2, 0) is 0 Å². The molecule has 0 fully saturated rings. The molecule has 1 atom stereocenters. The second-order valence-corrected chi connectivity index (χ2v) is 5.60. The van der Waals surface area contributed by atoms with E-state index in [1.807, 2.05) is 12.1 Å². The van der Waals surface area contributed by atoms with Gasteiger partial charge in [-0.2, -0.15) is 13.2 Å². The van der Waals surface area contributed by atoms with Gasteiger partial charge in [0.15, 0.2) is 0 Å². The number of nitrogens with two attached hydrogens (primary N) is 1. The zero-order chi connectivity index (χ0) is 14.6. The van der Waals surface area contributed by atoms with Gasteiger partial charge in [-0.05, 0) is 31.5 Å². The molecule has 0 aliphatic rings. The van der Waals surface area contributed by atoms with Crippen LogP contribution in [0.15, 0.2) is 28.7 Å². The molecule has 0 radical (unpaired) electrons. The van der Waals surface area contributed by atoms with Gasteiger partial charge in [-0.15, -0.1) is 0 Å². The molecule has 0 heterocycles. The molecule has 2 nitrogen and oxygen atoms in total. The molecule has 1 aromatic carbocycles. The van der Waals surface area contributed by atoms with E-state index in [9.17, 15) is 13.2 Å². The molecule has 1 aromatic rings. The van der Waals surface area contributed by atoms with E-state index >= 15 is 0 Å². The Kier molecular flexibility index (Phi) is 5.82. The Hall–Kier alpha value is -0.590. The minimum absolute atomic E-state index is 0.144. The van der Waals surface area contributed by atoms with E-state index in [1.165, 1.54) is 4.90 Å². The molecule has 19 heavy (non-hydrogen) atoms. The van der Waals surface area contributed by atoms with Crippen molar-refractivity contribution in [3.8, 4) is 0 Å². The van der Waals surface area contributed by atoms with Gasteiger partial charge in [0.2, 0.25) is 0 Å². The van der Waals surface area contributed by atoms with Crippen molar-refractivity contribution in [2.75, 3.05) is 13.1 Å². The van der Waals surface area contributed by atoms with Crippen LogP contribution < -0.4 is 5.73 Å². The van der Waals surface area contributed by atoms with Crippen molar-refractivity contribution in [1.82, 2.24) is 4.90 Å². The topological polar surface area (TPSA) is 29.3 Å². The van der Waals surface area contributed by atoms with E-state index in [4.69, 9.17) is 5.73 Å². The zero-order valence-corrected chi connectivity index (χ0v) is 12.5. The summed E-state index contributed by atoms with van der Waals surface area (Å²) in [6.07, 6.45) is -4.23. The zero-order valence-electron chi connectivity index (χ0n) is 10.9. The quantitative estimate of drug-likeness (QED) is 0.886. The van der Waals surface area contributed by atoms with Crippen molar-refractivity contribution < 1.29 is 13.2 Å². The lowest BCUT2D eigenvalue weighted by atomic mass is 10.0. The summed E-state index contributed by atoms with van der Waals surface area (Å²) in [7, 11) is 0. The predicted molar refractivity (Wildman–Crippen MR) is 73.8 cm³/mol. The average molecular weight is 339 g/mol. The molecule has 0 amide bonds.